The molecule has 2 aromatic carbocycles. The first-order chi connectivity index (χ1) is 14.5. The maximum Gasteiger partial charge on any atom is 0.253 e. The highest BCUT2D eigenvalue weighted by atomic mass is 16.5. The molecule has 7 heteroatoms. The van der Waals surface area contributed by atoms with Gasteiger partial charge in [0.2, 0.25) is 5.91 Å². The maximum atomic E-state index is 13.0. The lowest BCUT2D eigenvalue weighted by Crippen LogP contribution is -2.41. The predicted molar refractivity (Wildman–Crippen MR) is 113 cm³/mol. The van der Waals surface area contributed by atoms with Crippen LogP contribution < -0.4 is 19.9 Å². The van der Waals surface area contributed by atoms with Crippen molar-refractivity contribution in [3.8, 4) is 17.2 Å². The van der Waals surface area contributed by atoms with Gasteiger partial charge in [0.05, 0.1) is 13.7 Å². The summed E-state index contributed by atoms with van der Waals surface area (Å²) in [6.45, 7) is 3.75. The third-order valence-corrected chi connectivity index (χ3v) is 5.25. The Hall–Kier alpha value is -3.22. The zero-order valence-corrected chi connectivity index (χ0v) is 17.4. The SMILES string of the molecule is CCOc1ccc(C(=O)N2CCC(C(N)=O)CC2)cc1COc1ccc(OC)cc1. The second kappa shape index (κ2) is 10.0. The van der Waals surface area contributed by atoms with Crippen molar-refractivity contribution in [3.63, 3.8) is 0 Å². The summed E-state index contributed by atoms with van der Waals surface area (Å²) in [6.07, 6.45) is 1.21. The molecule has 0 aromatic heterocycles. The van der Waals surface area contributed by atoms with E-state index in [4.69, 9.17) is 19.9 Å². The summed E-state index contributed by atoms with van der Waals surface area (Å²) in [6, 6.07) is 12.7. The van der Waals surface area contributed by atoms with Crippen LogP contribution in [-0.2, 0) is 11.4 Å². The maximum absolute atomic E-state index is 13.0. The summed E-state index contributed by atoms with van der Waals surface area (Å²) in [4.78, 5) is 26.1. The lowest BCUT2D eigenvalue weighted by Gasteiger charge is -2.30. The molecule has 160 valence electrons. The number of benzene rings is 2. The first-order valence-corrected chi connectivity index (χ1v) is 10.1. The van der Waals surface area contributed by atoms with Crippen molar-refractivity contribution in [2.24, 2.45) is 11.7 Å². The molecule has 1 aliphatic rings. The summed E-state index contributed by atoms with van der Waals surface area (Å²) < 4.78 is 16.8. The van der Waals surface area contributed by atoms with Crippen LogP contribution in [0.3, 0.4) is 0 Å². The van der Waals surface area contributed by atoms with Gasteiger partial charge in [0.15, 0.2) is 0 Å². The molecule has 0 radical (unpaired) electrons. The number of nitrogens with two attached hydrogens (primary N) is 1. The fourth-order valence-corrected chi connectivity index (χ4v) is 3.50. The van der Waals surface area contributed by atoms with Crippen LogP contribution in [0.25, 0.3) is 0 Å². The Bertz CT molecular complexity index is 874. The molecule has 2 aromatic rings. The summed E-state index contributed by atoms with van der Waals surface area (Å²) in [5.41, 5.74) is 6.76. The first kappa shape index (κ1) is 21.5. The summed E-state index contributed by atoms with van der Waals surface area (Å²) in [5.74, 6) is 1.64. The van der Waals surface area contributed by atoms with Crippen molar-refractivity contribution in [2.45, 2.75) is 26.4 Å². The summed E-state index contributed by atoms with van der Waals surface area (Å²) in [7, 11) is 1.61. The lowest BCUT2D eigenvalue weighted by atomic mass is 9.95. The van der Waals surface area contributed by atoms with Gasteiger partial charge in [-0.3, -0.25) is 9.59 Å². The minimum Gasteiger partial charge on any atom is -0.497 e. The van der Waals surface area contributed by atoms with E-state index in [0.717, 1.165) is 11.3 Å². The smallest absolute Gasteiger partial charge is 0.253 e. The second-order valence-electron chi connectivity index (χ2n) is 7.19. The summed E-state index contributed by atoms with van der Waals surface area (Å²) in [5, 5.41) is 0. The highest BCUT2D eigenvalue weighted by Crippen LogP contribution is 2.26. The topological polar surface area (TPSA) is 91.1 Å². The van der Waals surface area contributed by atoms with Crippen LogP contribution in [-0.4, -0.2) is 43.5 Å². The molecule has 0 atom stereocenters. The van der Waals surface area contributed by atoms with Gasteiger partial charge in [-0.25, -0.2) is 0 Å². The number of amides is 2. The van der Waals surface area contributed by atoms with Crippen molar-refractivity contribution in [2.75, 3.05) is 26.8 Å². The van der Waals surface area contributed by atoms with Gasteiger partial charge in [-0.2, -0.15) is 0 Å². The molecule has 0 aliphatic carbocycles. The Labute approximate surface area is 176 Å². The van der Waals surface area contributed by atoms with Crippen LogP contribution in [0, 0.1) is 5.92 Å². The van der Waals surface area contributed by atoms with Crippen LogP contribution >= 0.6 is 0 Å². The van der Waals surface area contributed by atoms with E-state index in [2.05, 4.69) is 0 Å². The molecular formula is C23H28N2O5. The molecule has 0 saturated carbocycles. The van der Waals surface area contributed by atoms with Crippen LogP contribution in [0.15, 0.2) is 42.5 Å². The van der Waals surface area contributed by atoms with E-state index < -0.39 is 0 Å². The third-order valence-electron chi connectivity index (χ3n) is 5.25. The van der Waals surface area contributed by atoms with E-state index in [-0.39, 0.29) is 24.3 Å². The second-order valence-corrected chi connectivity index (χ2v) is 7.19. The normalized spacial score (nSPS) is 14.3. The monoisotopic (exact) mass is 412 g/mol. The quantitative estimate of drug-likeness (QED) is 0.720. The Kier molecular flexibility index (Phi) is 7.17. The van der Waals surface area contributed by atoms with Gasteiger partial charge in [0.25, 0.3) is 5.91 Å². The van der Waals surface area contributed by atoms with Crippen molar-refractivity contribution >= 4 is 11.8 Å². The number of carbonyl (C=O) groups is 2. The number of ether oxygens (including phenoxy) is 3. The van der Waals surface area contributed by atoms with Gasteiger partial charge in [-0.05, 0) is 62.2 Å². The molecule has 1 aliphatic heterocycles. The largest absolute Gasteiger partial charge is 0.497 e. The molecule has 0 unspecified atom stereocenters. The molecule has 1 saturated heterocycles. The minimum absolute atomic E-state index is 0.0633. The van der Waals surface area contributed by atoms with Crippen LogP contribution in [0.2, 0.25) is 0 Å². The van der Waals surface area contributed by atoms with Crippen molar-refractivity contribution in [1.82, 2.24) is 4.90 Å². The van der Waals surface area contributed by atoms with E-state index >= 15 is 0 Å². The Balaban J connectivity index is 1.71. The number of primary amides is 1. The van der Waals surface area contributed by atoms with Crippen molar-refractivity contribution < 1.29 is 23.8 Å². The molecule has 2 N–H and O–H groups in total. The number of hydrogen-bond acceptors (Lipinski definition) is 5. The molecule has 7 nitrogen and oxygen atoms in total. The Morgan fingerprint density at radius 2 is 1.70 bits per heavy atom. The standard InChI is InChI=1S/C23H28N2O5/c1-3-29-21-9-4-17(23(27)25-12-10-16(11-13-25)22(24)26)14-18(21)15-30-20-7-5-19(28-2)6-8-20/h4-9,14,16H,3,10-13,15H2,1-2H3,(H2,24,26). The van der Waals surface area contributed by atoms with E-state index in [1.807, 2.05) is 37.3 Å². The van der Waals surface area contributed by atoms with Gasteiger partial charge < -0.3 is 24.8 Å². The number of likely N-dealkylation sites (tertiary alicyclic amines) is 1. The number of hydrogen-bond donors (Lipinski definition) is 1. The zero-order valence-electron chi connectivity index (χ0n) is 17.4. The van der Waals surface area contributed by atoms with Gasteiger partial charge in [-0.1, -0.05) is 0 Å². The van der Waals surface area contributed by atoms with Gasteiger partial charge in [-0.15, -0.1) is 0 Å². The molecule has 1 fully saturated rings. The molecule has 3 rings (SSSR count). The molecule has 1 heterocycles. The average molecular weight is 412 g/mol. The average Bonchev–Trinajstić information content (AvgIpc) is 2.78. The lowest BCUT2D eigenvalue weighted by molar-refractivity contribution is -0.123. The zero-order chi connectivity index (χ0) is 21.5. The Morgan fingerprint density at radius 3 is 2.30 bits per heavy atom. The van der Waals surface area contributed by atoms with E-state index in [9.17, 15) is 9.59 Å². The minimum atomic E-state index is -0.291. The molecule has 0 spiro atoms. The van der Waals surface area contributed by atoms with E-state index in [1.54, 1.807) is 24.1 Å². The molecular weight excluding hydrogens is 384 g/mol. The van der Waals surface area contributed by atoms with Gasteiger partial charge in [0.1, 0.15) is 23.9 Å². The van der Waals surface area contributed by atoms with Crippen LogP contribution in [0.5, 0.6) is 17.2 Å². The van der Waals surface area contributed by atoms with Crippen molar-refractivity contribution in [3.05, 3.63) is 53.6 Å². The van der Waals surface area contributed by atoms with E-state index in [0.29, 0.717) is 49.6 Å². The molecule has 0 bridgehead atoms. The van der Waals surface area contributed by atoms with Crippen LogP contribution in [0.1, 0.15) is 35.7 Å². The molecule has 30 heavy (non-hydrogen) atoms. The number of methoxy groups -OCH3 is 1. The van der Waals surface area contributed by atoms with Crippen molar-refractivity contribution in [1.29, 1.82) is 0 Å². The Morgan fingerprint density at radius 1 is 1.03 bits per heavy atom. The fourth-order valence-electron chi connectivity index (χ4n) is 3.50. The van der Waals surface area contributed by atoms with Crippen LogP contribution in [0.4, 0.5) is 0 Å². The van der Waals surface area contributed by atoms with Gasteiger partial charge >= 0.3 is 0 Å². The number of nitrogens with zero attached hydrogens (tertiary/aromatic N) is 1. The number of carbonyl (C=O) groups excluding carboxylic acids is 2. The number of rotatable bonds is 8. The molecule has 2 amide bonds. The first-order valence-electron chi connectivity index (χ1n) is 10.1. The highest BCUT2D eigenvalue weighted by molar-refractivity contribution is 5.94. The number of piperidine rings is 1. The van der Waals surface area contributed by atoms with Gasteiger partial charge in [0, 0.05) is 30.1 Å². The predicted octanol–water partition coefficient (Wildman–Crippen LogP) is 3.01. The fraction of sp³-hybridized carbons (Fsp3) is 0.391. The third kappa shape index (κ3) is 5.23. The van der Waals surface area contributed by atoms with E-state index in [1.165, 1.54) is 0 Å². The summed E-state index contributed by atoms with van der Waals surface area (Å²) >= 11 is 0. The highest BCUT2D eigenvalue weighted by Gasteiger charge is 2.26.